The summed E-state index contributed by atoms with van der Waals surface area (Å²) in [4.78, 5) is 39.0. The van der Waals surface area contributed by atoms with Crippen LogP contribution in [-0.4, -0.2) is 30.3 Å². The van der Waals surface area contributed by atoms with Gasteiger partial charge >= 0.3 is 0 Å². The Morgan fingerprint density at radius 2 is 1.77 bits per heavy atom. The molecular formula is C24H29N3O3. The van der Waals surface area contributed by atoms with Crippen LogP contribution in [0.2, 0.25) is 0 Å². The Kier molecular flexibility index (Phi) is 7.22. The number of hydrogen-bond donors (Lipinski definition) is 2. The molecule has 30 heavy (non-hydrogen) atoms. The molecule has 2 aromatic rings. The van der Waals surface area contributed by atoms with Gasteiger partial charge in [-0.3, -0.25) is 14.4 Å². The van der Waals surface area contributed by atoms with Crippen molar-refractivity contribution in [2.75, 3.05) is 11.4 Å². The van der Waals surface area contributed by atoms with Gasteiger partial charge < -0.3 is 15.5 Å². The van der Waals surface area contributed by atoms with Crippen LogP contribution in [0.25, 0.3) is 0 Å². The minimum atomic E-state index is -0.607. The van der Waals surface area contributed by atoms with Crippen molar-refractivity contribution >= 4 is 23.4 Å². The third-order valence-corrected chi connectivity index (χ3v) is 5.61. The summed E-state index contributed by atoms with van der Waals surface area (Å²) in [5.74, 6) is -0.300. The molecule has 0 aromatic heterocycles. The van der Waals surface area contributed by atoms with Gasteiger partial charge in [-0.05, 0) is 42.2 Å². The lowest BCUT2D eigenvalue weighted by Crippen LogP contribution is -2.50. The van der Waals surface area contributed by atoms with Crippen LogP contribution in [0.5, 0.6) is 0 Å². The maximum Gasteiger partial charge on any atom is 0.251 e. The summed E-state index contributed by atoms with van der Waals surface area (Å²) >= 11 is 0. The van der Waals surface area contributed by atoms with Crippen LogP contribution in [-0.2, 0) is 16.1 Å². The van der Waals surface area contributed by atoms with Gasteiger partial charge in [0.2, 0.25) is 11.8 Å². The fourth-order valence-electron chi connectivity index (χ4n) is 3.53. The SMILES string of the molecule is CC[C@H](C)[C@H](NC(=O)c1ccccc1)C(=O)NCc1ccc(N2CCCC2=O)cc1. The van der Waals surface area contributed by atoms with E-state index in [1.54, 1.807) is 29.2 Å². The van der Waals surface area contributed by atoms with Gasteiger partial charge in [0, 0.05) is 30.8 Å². The van der Waals surface area contributed by atoms with Gasteiger partial charge in [0.25, 0.3) is 5.91 Å². The molecule has 2 N–H and O–H groups in total. The van der Waals surface area contributed by atoms with Gasteiger partial charge in [0.1, 0.15) is 6.04 Å². The van der Waals surface area contributed by atoms with Crippen molar-refractivity contribution in [1.29, 1.82) is 0 Å². The molecule has 0 aliphatic carbocycles. The molecule has 2 aromatic carbocycles. The van der Waals surface area contributed by atoms with Crippen molar-refractivity contribution in [3.05, 3.63) is 65.7 Å². The minimum Gasteiger partial charge on any atom is -0.350 e. The molecule has 2 atom stereocenters. The molecule has 158 valence electrons. The Hall–Kier alpha value is -3.15. The van der Waals surface area contributed by atoms with E-state index in [2.05, 4.69) is 10.6 Å². The molecule has 1 saturated heterocycles. The second kappa shape index (κ2) is 10.1. The van der Waals surface area contributed by atoms with E-state index < -0.39 is 6.04 Å². The molecule has 0 bridgehead atoms. The Balaban J connectivity index is 1.60. The largest absolute Gasteiger partial charge is 0.350 e. The number of hydrogen-bond acceptors (Lipinski definition) is 3. The van der Waals surface area contributed by atoms with Gasteiger partial charge in [-0.2, -0.15) is 0 Å². The number of nitrogens with zero attached hydrogens (tertiary/aromatic N) is 1. The number of carbonyl (C=O) groups is 3. The van der Waals surface area contributed by atoms with E-state index in [9.17, 15) is 14.4 Å². The number of amides is 3. The fraction of sp³-hybridized carbons (Fsp3) is 0.375. The zero-order chi connectivity index (χ0) is 21.5. The van der Waals surface area contributed by atoms with Crippen molar-refractivity contribution in [1.82, 2.24) is 10.6 Å². The zero-order valence-electron chi connectivity index (χ0n) is 17.6. The number of benzene rings is 2. The second-order valence-electron chi connectivity index (χ2n) is 7.74. The van der Waals surface area contributed by atoms with E-state index >= 15 is 0 Å². The molecule has 6 heteroatoms. The molecule has 3 rings (SSSR count). The van der Waals surface area contributed by atoms with Gasteiger partial charge in [0.05, 0.1) is 0 Å². The summed E-state index contributed by atoms with van der Waals surface area (Å²) < 4.78 is 0. The maximum atomic E-state index is 12.8. The van der Waals surface area contributed by atoms with E-state index in [0.29, 0.717) is 18.5 Å². The van der Waals surface area contributed by atoms with Crippen LogP contribution in [0, 0.1) is 5.92 Å². The summed E-state index contributed by atoms with van der Waals surface area (Å²) in [5.41, 5.74) is 2.36. The van der Waals surface area contributed by atoms with Gasteiger partial charge in [0.15, 0.2) is 0 Å². The zero-order valence-corrected chi connectivity index (χ0v) is 17.6. The molecule has 1 aliphatic rings. The lowest BCUT2D eigenvalue weighted by molar-refractivity contribution is -0.124. The fourth-order valence-corrected chi connectivity index (χ4v) is 3.53. The molecule has 0 spiro atoms. The van der Waals surface area contributed by atoms with Crippen molar-refractivity contribution in [3.8, 4) is 0 Å². The average Bonchev–Trinajstić information content (AvgIpc) is 3.21. The van der Waals surface area contributed by atoms with Crippen molar-refractivity contribution < 1.29 is 14.4 Å². The first-order chi connectivity index (χ1) is 14.5. The van der Waals surface area contributed by atoms with Crippen LogP contribution >= 0.6 is 0 Å². The Morgan fingerprint density at radius 1 is 1.07 bits per heavy atom. The first-order valence-electron chi connectivity index (χ1n) is 10.5. The molecule has 0 saturated carbocycles. The van der Waals surface area contributed by atoms with Crippen LogP contribution in [0.15, 0.2) is 54.6 Å². The molecule has 1 fully saturated rings. The molecule has 1 heterocycles. The summed E-state index contributed by atoms with van der Waals surface area (Å²) in [7, 11) is 0. The Bertz CT molecular complexity index is 880. The predicted molar refractivity (Wildman–Crippen MR) is 117 cm³/mol. The first kappa shape index (κ1) is 21.6. The molecule has 6 nitrogen and oxygen atoms in total. The third kappa shape index (κ3) is 5.26. The first-order valence-corrected chi connectivity index (χ1v) is 10.5. The summed E-state index contributed by atoms with van der Waals surface area (Å²) in [6.45, 7) is 5.07. The van der Waals surface area contributed by atoms with E-state index in [1.165, 1.54) is 0 Å². The monoisotopic (exact) mass is 407 g/mol. The summed E-state index contributed by atoms with van der Waals surface area (Å²) in [6.07, 6.45) is 2.26. The average molecular weight is 408 g/mol. The summed E-state index contributed by atoms with van der Waals surface area (Å²) in [5, 5.41) is 5.81. The number of carbonyl (C=O) groups excluding carboxylic acids is 3. The van der Waals surface area contributed by atoms with Crippen LogP contribution in [0.1, 0.15) is 49.0 Å². The highest BCUT2D eigenvalue weighted by atomic mass is 16.2. The minimum absolute atomic E-state index is 0.00113. The molecule has 0 unspecified atom stereocenters. The van der Waals surface area contributed by atoms with E-state index in [0.717, 1.165) is 30.6 Å². The highest BCUT2D eigenvalue weighted by molar-refractivity contribution is 5.97. The lowest BCUT2D eigenvalue weighted by Gasteiger charge is -2.23. The molecule has 1 aliphatic heterocycles. The highest BCUT2D eigenvalue weighted by Crippen LogP contribution is 2.21. The van der Waals surface area contributed by atoms with Gasteiger partial charge in [-0.15, -0.1) is 0 Å². The van der Waals surface area contributed by atoms with E-state index in [1.807, 2.05) is 44.2 Å². The quantitative estimate of drug-likeness (QED) is 0.705. The molecular weight excluding hydrogens is 378 g/mol. The highest BCUT2D eigenvalue weighted by Gasteiger charge is 2.26. The van der Waals surface area contributed by atoms with Gasteiger partial charge in [-0.1, -0.05) is 50.6 Å². The lowest BCUT2D eigenvalue weighted by atomic mass is 9.97. The Morgan fingerprint density at radius 3 is 2.37 bits per heavy atom. The second-order valence-corrected chi connectivity index (χ2v) is 7.74. The number of nitrogens with one attached hydrogen (secondary N) is 2. The standard InChI is InChI=1S/C24H29N3O3/c1-3-17(2)22(26-23(29)19-8-5-4-6-9-19)24(30)25-16-18-11-13-20(14-12-18)27-15-7-10-21(27)28/h4-6,8-9,11-14,17,22H,3,7,10,15-16H2,1-2H3,(H,25,30)(H,26,29)/t17-,22-/m0/s1. The van der Waals surface area contributed by atoms with Crippen LogP contribution in [0.4, 0.5) is 5.69 Å². The normalized spacial score (nSPS) is 15.5. The predicted octanol–water partition coefficient (Wildman–Crippen LogP) is 3.27. The van der Waals surface area contributed by atoms with Crippen molar-refractivity contribution in [2.24, 2.45) is 5.92 Å². The van der Waals surface area contributed by atoms with E-state index in [-0.39, 0.29) is 23.6 Å². The Labute approximate surface area is 177 Å². The number of anilines is 1. The van der Waals surface area contributed by atoms with Gasteiger partial charge in [-0.25, -0.2) is 0 Å². The maximum absolute atomic E-state index is 12.8. The molecule has 0 radical (unpaired) electrons. The van der Waals surface area contributed by atoms with Crippen molar-refractivity contribution in [3.63, 3.8) is 0 Å². The molecule has 3 amide bonds. The summed E-state index contributed by atoms with van der Waals surface area (Å²) in [6, 6.07) is 16.0. The smallest absolute Gasteiger partial charge is 0.251 e. The third-order valence-electron chi connectivity index (χ3n) is 5.61. The van der Waals surface area contributed by atoms with Crippen molar-refractivity contribution in [2.45, 2.75) is 45.7 Å². The topological polar surface area (TPSA) is 78.5 Å². The van der Waals surface area contributed by atoms with Crippen LogP contribution < -0.4 is 15.5 Å². The van der Waals surface area contributed by atoms with Crippen LogP contribution in [0.3, 0.4) is 0 Å². The number of rotatable bonds is 8. The van der Waals surface area contributed by atoms with E-state index in [4.69, 9.17) is 0 Å².